The van der Waals surface area contributed by atoms with Crippen molar-refractivity contribution in [2.45, 2.75) is 57.4 Å². The molecule has 2 aromatic heterocycles. The van der Waals surface area contributed by atoms with Crippen LogP contribution in [0.3, 0.4) is 0 Å². The number of nitrogens with one attached hydrogen (secondary N) is 1. The number of carbonyl (C=O) groups is 1. The van der Waals surface area contributed by atoms with E-state index in [2.05, 4.69) is 26.5 Å². The molecule has 37 heavy (non-hydrogen) atoms. The Hall–Kier alpha value is -3.30. The van der Waals surface area contributed by atoms with E-state index in [-0.39, 0.29) is 5.56 Å². The number of halogens is 1. The Kier molecular flexibility index (Phi) is 7.53. The Balaban J connectivity index is 1.38. The van der Waals surface area contributed by atoms with Gasteiger partial charge in [0.2, 0.25) is 0 Å². The normalized spacial score (nSPS) is 17.6. The molecule has 1 saturated carbocycles. The van der Waals surface area contributed by atoms with E-state index in [0.29, 0.717) is 35.5 Å². The maximum Gasteiger partial charge on any atom is 0.330 e. The number of hydrogen-bond acceptors (Lipinski definition) is 6. The highest BCUT2D eigenvalue weighted by Crippen LogP contribution is 2.38. The number of H-pyrrole nitrogens is 1. The summed E-state index contributed by atoms with van der Waals surface area (Å²) < 4.78 is 5.53. The zero-order valence-electron chi connectivity index (χ0n) is 20.7. The summed E-state index contributed by atoms with van der Waals surface area (Å²) in [5.41, 5.74) is 4.47. The third kappa shape index (κ3) is 5.99. The molecule has 194 valence electrons. The second-order valence-corrected chi connectivity index (χ2v) is 10.2. The van der Waals surface area contributed by atoms with E-state index < -0.39 is 12.0 Å². The van der Waals surface area contributed by atoms with Crippen LogP contribution in [-0.4, -0.2) is 49.5 Å². The first-order chi connectivity index (χ1) is 17.9. The van der Waals surface area contributed by atoms with E-state index in [1.165, 1.54) is 6.92 Å². The van der Waals surface area contributed by atoms with Crippen LogP contribution < -0.4 is 5.56 Å². The van der Waals surface area contributed by atoms with Crippen molar-refractivity contribution < 1.29 is 14.6 Å². The standard InChI is InChI=1S/C27H30ClN5O4/c1-16(27(35)36)33-31-25(30-32-33)9-6-19-4-5-20(15-23(19)28)22(14-17-10-12-37-13-11-17)24-8-7-21(18-2-3-18)26(34)29-24/h4-5,7-8,14-18H,2-3,6,9-13H2,1H3,(H,29,34)(H,35,36)/b22-14+/t16-/m1/s1. The van der Waals surface area contributed by atoms with Gasteiger partial charge in [0.15, 0.2) is 11.9 Å². The lowest BCUT2D eigenvalue weighted by Gasteiger charge is -2.21. The number of benzene rings is 1. The second-order valence-electron chi connectivity index (χ2n) is 9.81. The molecular weight excluding hydrogens is 494 g/mol. The molecule has 1 aliphatic heterocycles. The molecule has 5 rings (SSSR count). The predicted molar refractivity (Wildman–Crippen MR) is 139 cm³/mol. The summed E-state index contributed by atoms with van der Waals surface area (Å²) >= 11 is 6.71. The summed E-state index contributed by atoms with van der Waals surface area (Å²) in [6.07, 6.45) is 7.33. The Morgan fingerprint density at radius 3 is 2.68 bits per heavy atom. The molecule has 0 radical (unpaired) electrons. The number of aromatic amines is 1. The van der Waals surface area contributed by atoms with Crippen LogP contribution in [0, 0.1) is 5.92 Å². The molecule has 0 bridgehead atoms. The zero-order valence-corrected chi connectivity index (χ0v) is 21.4. The molecule has 1 aromatic carbocycles. The number of aromatic nitrogens is 5. The number of aryl methyl sites for hydroxylation is 2. The number of allylic oxidation sites excluding steroid dienone is 1. The predicted octanol–water partition coefficient (Wildman–Crippen LogP) is 4.18. The topological polar surface area (TPSA) is 123 Å². The van der Waals surface area contributed by atoms with E-state index in [9.17, 15) is 9.59 Å². The first-order valence-corrected chi connectivity index (χ1v) is 13.1. The largest absolute Gasteiger partial charge is 0.480 e. The minimum Gasteiger partial charge on any atom is -0.480 e. The van der Waals surface area contributed by atoms with Crippen LogP contribution in [0.15, 0.2) is 41.2 Å². The van der Waals surface area contributed by atoms with Gasteiger partial charge >= 0.3 is 5.97 Å². The van der Waals surface area contributed by atoms with Gasteiger partial charge in [-0.1, -0.05) is 35.9 Å². The maximum absolute atomic E-state index is 12.8. The van der Waals surface area contributed by atoms with Crippen molar-refractivity contribution in [3.8, 4) is 0 Å². The molecule has 1 saturated heterocycles. The van der Waals surface area contributed by atoms with Gasteiger partial charge in [0.25, 0.3) is 5.56 Å². The van der Waals surface area contributed by atoms with Gasteiger partial charge in [0, 0.05) is 41.5 Å². The number of aliphatic carboxylic acids is 1. The number of carboxylic acid groups (broad SMARTS) is 1. The molecule has 2 N–H and O–H groups in total. The Bertz CT molecular complexity index is 1370. The van der Waals surface area contributed by atoms with E-state index in [0.717, 1.165) is 71.7 Å². The highest BCUT2D eigenvalue weighted by molar-refractivity contribution is 6.31. The van der Waals surface area contributed by atoms with E-state index in [4.69, 9.17) is 21.4 Å². The molecule has 0 spiro atoms. The number of pyridine rings is 1. The van der Waals surface area contributed by atoms with Gasteiger partial charge in [-0.25, -0.2) is 4.79 Å². The van der Waals surface area contributed by atoms with E-state index in [1.54, 1.807) is 0 Å². The summed E-state index contributed by atoms with van der Waals surface area (Å²) in [6, 6.07) is 9.04. The number of tetrazole rings is 1. The van der Waals surface area contributed by atoms with Crippen molar-refractivity contribution in [1.29, 1.82) is 0 Å². The maximum atomic E-state index is 12.8. The number of nitrogens with zero attached hydrogens (tertiary/aromatic N) is 4. The highest BCUT2D eigenvalue weighted by Gasteiger charge is 2.26. The van der Waals surface area contributed by atoms with Crippen LogP contribution in [0.4, 0.5) is 0 Å². The van der Waals surface area contributed by atoms with Gasteiger partial charge in [-0.05, 0) is 79.3 Å². The first kappa shape index (κ1) is 25.4. The second kappa shape index (κ2) is 11.0. The molecule has 3 aromatic rings. The average molecular weight is 524 g/mol. The van der Waals surface area contributed by atoms with E-state index >= 15 is 0 Å². The molecule has 2 fully saturated rings. The molecule has 9 nitrogen and oxygen atoms in total. The lowest BCUT2D eigenvalue weighted by atomic mass is 9.91. The summed E-state index contributed by atoms with van der Waals surface area (Å²) in [5, 5.41) is 21.7. The molecule has 1 atom stereocenters. The summed E-state index contributed by atoms with van der Waals surface area (Å²) in [4.78, 5) is 28.2. The first-order valence-electron chi connectivity index (χ1n) is 12.7. The Morgan fingerprint density at radius 1 is 1.22 bits per heavy atom. The van der Waals surface area contributed by atoms with Crippen molar-refractivity contribution >= 4 is 23.1 Å². The van der Waals surface area contributed by atoms with Crippen molar-refractivity contribution in [3.05, 3.63) is 80.0 Å². The smallest absolute Gasteiger partial charge is 0.330 e. The molecular formula is C27H30ClN5O4. The van der Waals surface area contributed by atoms with Crippen molar-refractivity contribution in [3.63, 3.8) is 0 Å². The van der Waals surface area contributed by atoms with Gasteiger partial charge in [0.05, 0.1) is 0 Å². The fraction of sp³-hybridized carbons (Fsp3) is 0.444. The van der Waals surface area contributed by atoms with Crippen molar-refractivity contribution in [2.75, 3.05) is 13.2 Å². The van der Waals surface area contributed by atoms with Gasteiger partial charge in [-0.3, -0.25) is 4.79 Å². The van der Waals surface area contributed by atoms with Gasteiger partial charge in [-0.2, -0.15) is 0 Å². The number of hydrogen-bond donors (Lipinski definition) is 2. The number of carboxylic acids is 1. The van der Waals surface area contributed by atoms with Crippen LogP contribution in [0.5, 0.6) is 0 Å². The molecule has 10 heteroatoms. The van der Waals surface area contributed by atoms with Gasteiger partial charge < -0.3 is 14.8 Å². The number of rotatable bonds is 9. The third-order valence-electron chi connectivity index (χ3n) is 7.07. The lowest BCUT2D eigenvalue weighted by Crippen LogP contribution is -2.18. The van der Waals surface area contributed by atoms with E-state index in [1.807, 2.05) is 30.3 Å². The van der Waals surface area contributed by atoms with Gasteiger partial charge in [0.1, 0.15) is 0 Å². The molecule has 2 aliphatic rings. The van der Waals surface area contributed by atoms with Crippen LogP contribution >= 0.6 is 11.6 Å². The fourth-order valence-electron chi connectivity index (χ4n) is 4.60. The molecule has 1 aliphatic carbocycles. The average Bonchev–Trinajstić information content (AvgIpc) is 3.63. The minimum atomic E-state index is -1.02. The Labute approximate surface area is 219 Å². The zero-order chi connectivity index (χ0) is 25.9. The minimum absolute atomic E-state index is 0.0154. The fourth-order valence-corrected chi connectivity index (χ4v) is 4.88. The summed E-state index contributed by atoms with van der Waals surface area (Å²) in [5.74, 6) is 0.186. The molecule has 0 amide bonds. The van der Waals surface area contributed by atoms with Crippen molar-refractivity contribution in [1.82, 2.24) is 25.2 Å². The highest BCUT2D eigenvalue weighted by atomic mass is 35.5. The third-order valence-corrected chi connectivity index (χ3v) is 7.42. The summed E-state index contributed by atoms with van der Waals surface area (Å²) in [6.45, 7) is 2.96. The molecule has 0 unspecified atom stereocenters. The van der Waals surface area contributed by atoms with Gasteiger partial charge in [-0.15, -0.1) is 15.0 Å². The van der Waals surface area contributed by atoms with Crippen LogP contribution in [0.2, 0.25) is 5.02 Å². The quantitative estimate of drug-likeness (QED) is 0.431. The van der Waals surface area contributed by atoms with Crippen molar-refractivity contribution in [2.24, 2.45) is 5.92 Å². The monoisotopic (exact) mass is 523 g/mol. The SMILES string of the molecule is C[C@H](C(=O)O)n1nnc(CCc2ccc(/C(=C\C3CCOCC3)c3ccc(C4CC4)c(=O)[nH]3)cc2Cl)n1. The van der Waals surface area contributed by atoms with Crippen LogP contribution in [0.1, 0.15) is 72.8 Å². The lowest BCUT2D eigenvalue weighted by molar-refractivity contribution is -0.141. The summed E-state index contributed by atoms with van der Waals surface area (Å²) in [7, 11) is 0. The van der Waals surface area contributed by atoms with Crippen LogP contribution in [-0.2, 0) is 22.4 Å². The number of ether oxygens (including phenoxy) is 1. The van der Waals surface area contributed by atoms with Crippen LogP contribution in [0.25, 0.3) is 5.57 Å². The molecule has 3 heterocycles. The Morgan fingerprint density at radius 2 is 2.00 bits per heavy atom.